The van der Waals surface area contributed by atoms with Crippen molar-refractivity contribution < 1.29 is 18.0 Å². The van der Waals surface area contributed by atoms with Gasteiger partial charge in [-0.1, -0.05) is 42.7 Å². The highest BCUT2D eigenvalue weighted by molar-refractivity contribution is 7.89. The number of nitrogens with zero attached hydrogens (tertiary/aromatic N) is 3. The molecule has 2 amide bonds. The van der Waals surface area contributed by atoms with E-state index in [1.807, 2.05) is 55.1 Å². The van der Waals surface area contributed by atoms with E-state index in [9.17, 15) is 18.0 Å². The Balaban J connectivity index is 1.31. The van der Waals surface area contributed by atoms with E-state index < -0.39 is 15.6 Å². The van der Waals surface area contributed by atoms with Crippen molar-refractivity contribution in [3.05, 3.63) is 53.6 Å². The van der Waals surface area contributed by atoms with Crippen LogP contribution in [-0.4, -0.2) is 67.7 Å². The number of para-hydroxylation sites is 2. The first-order valence-electron chi connectivity index (χ1n) is 12.3. The van der Waals surface area contributed by atoms with Crippen LogP contribution in [0, 0.1) is 13.8 Å². The number of benzene rings is 2. The second kappa shape index (κ2) is 9.04. The zero-order chi connectivity index (χ0) is 24.8. The maximum Gasteiger partial charge on any atom is 0.250 e. The van der Waals surface area contributed by atoms with Crippen molar-refractivity contribution in [3.8, 4) is 0 Å². The Morgan fingerprint density at radius 3 is 2.37 bits per heavy atom. The lowest BCUT2D eigenvalue weighted by atomic mass is 9.89. The Morgan fingerprint density at radius 2 is 1.69 bits per heavy atom. The summed E-state index contributed by atoms with van der Waals surface area (Å²) in [6, 6.07) is 12.8. The summed E-state index contributed by atoms with van der Waals surface area (Å²) in [6.07, 6.45) is 3.13. The third-order valence-electron chi connectivity index (χ3n) is 7.56. The molecule has 3 aliphatic rings. The van der Waals surface area contributed by atoms with Crippen LogP contribution in [0.1, 0.15) is 36.8 Å². The van der Waals surface area contributed by atoms with Gasteiger partial charge in [-0.05, 0) is 50.5 Å². The van der Waals surface area contributed by atoms with Gasteiger partial charge in [0.2, 0.25) is 15.9 Å². The molecular weight excluding hydrogens is 464 g/mol. The van der Waals surface area contributed by atoms with Crippen LogP contribution in [0.5, 0.6) is 0 Å². The van der Waals surface area contributed by atoms with E-state index in [4.69, 9.17) is 0 Å². The fourth-order valence-electron chi connectivity index (χ4n) is 5.75. The van der Waals surface area contributed by atoms with Crippen molar-refractivity contribution in [3.63, 3.8) is 0 Å². The molecule has 8 nitrogen and oxygen atoms in total. The minimum absolute atomic E-state index is 0.105. The first-order chi connectivity index (χ1) is 16.7. The van der Waals surface area contributed by atoms with Crippen molar-refractivity contribution in [2.75, 3.05) is 42.9 Å². The van der Waals surface area contributed by atoms with Gasteiger partial charge in [0.15, 0.2) is 0 Å². The number of aryl methyl sites for hydroxylation is 2. The highest BCUT2D eigenvalue weighted by atomic mass is 32.2. The van der Waals surface area contributed by atoms with Crippen LogP contribution in [0.25, 0.3) is 0 Å². The summed E-state index contributed by atoms with van der Waals surface area (Å²) in [6.45, 7) is 5.49. The molecule has 0 aromatic heterocycles. The summed E-state index contributed by atoms with van der Waals surface area (Å²) < 4.78 is 28.0. The van der Waals surface area contributed by atoms with Crippen LogP contribution in [0.4, 0.5) is 11.4 Å². The maximum absolute atomic E-state index is 13.7. The molecule has 2 aliphatic heterocycles. The Hall–Kier alpha value is -2.75. The second-order valence-electron chi connectivity index (χ2n) is 9.89. The van der Waals surface area contributed by atoms with Gasteiger partial charge in [0.1, 0.15) is 5.54 Å². The number of carbonyl (C=O) groups is 2. The smallest absolute Gasteiger partial charge is 0.250 e. The fraction of sp³-hybridized carbons (Fsp3) is 0.462. The van der Waals surface area contributed by atoms with Gasteiger partial charge >= 0.3 is 0 Å². The van der Waals surface area contributed by atoms with E-state index in [1.54, 1.807) is 11.0 Å². The predicted octanol–water partition coefficient (Wildman–Crippen LogP) is 2.91. The van der Waals surface area contributed by atoms with Crippen molar-refractivity contribution in [2.24, 2.45) is 0 Å². The predicted molar refractivity (Wildman–Crippen MR) is 135 cm³/mol. The number of sulfonamides is 1. The molecule has 0 bridgehead atoms. The molecule has 0 radical (unpaired) electrons. The van der Waals surface area contributed by atoms with E-state index in [-0.39, 0.29) is 18.4 Å². The summed E-state index contributed by atoms with van der Waals surface area (Å²) in [5, 5.41) is 3.01. The van der Waals surface area contributed by atoms with Crippen LogP contribution in [0.2, 0.25) is 0 Å². The summed E-state index contributed by atoms with van der Waals surface area (Å²) in [5.74, 6) is -0.216. The highest BCUT2D eigenvalue weighted by Crippen LogP contribution is 2.45. The normalized spacial score (nSPS) is 20.6. The molecule has 186 valence electrons. The number of piperazine rings is 1. The van der Waals surface area contributed by atoms with Gasteiger partial charge in [0, 0.05) is 26.2 Å². The molecule has 0 atom stereocenters. The van der Waals surface area contributed by atoms with E-state index in [0.29, 0.717) is 49.6 Å². The Morgan fingerprint density at radius 1 is 1.00 bits per heavy atom. The van der Waals surface area contributed by atoms with Crippen LogP contribution in [-0.2, 0) is 19.6 Å². The van der Waals surface area contributed by atoms with Crippen LogP contribution >= 0.6 is 0 Å². The summed E-state index contributed by atoms with van der Waals surface area (Å²) in [5.41, 5.74) is 2.34. The lowest BCUT2D eigenvalue weighted by molar-refractivity contribution is -0.128. The number of amides is 2. The number of anilines is 2. The van der Waals surface area contributed by atoms with Gasteiger partial charge in [-0.2, -0.15) is 4.31 Å². The Kier molecular flexibility index (Phi) is 6.19. The zero-order valence-electron chi connectivity index (χ0n) is 20.3. The molecule has 0 unspecified atom stereocenters. The largest absolute Gasteiger partial charge is 0.322 e. The van der Waals surface area contributed by atoms with E-state index in [0.717, 1.165) is 29.7 Å². The molecular formula is C26H32N4O4S. The van der Waals surface area contributed by atoms with Gasteiger partial charge in [-0.25, -0.2) is 8.42 Å². The standard InChI is InChI=1S/C26H32N4O4S/c1-19-9-10-23(20(2)17-19)35(33,34)29-15-13-28(14-16-29)18-24(31)30-22-8-4-3-7-21(22)27-25(32)26(30)11-5-6-12-26/h3-4,7-10,17H,5-6,11-16,18H2,1-2H3,(H,27,32). The minimum Gasteiger partial charge on any atom is -0.322 e. The maximum atomic E-state index is 13.7. The van der Waals surface area contributed by atoms with Crippen molar-refractivity contribution in [1.82, 2.24) is 9.21 Å². The first-order valence-corrected chi connectivity index (χ1v) is 13.7. The van der Waals surface area contributed by atoms with Crippen molar-refractivity contribution in [1.29, 1.82) is 0 Å². The summed E-state index contributed by atoms with van der Waals surface area (Å²) >= 11 is 0. The van der Waals surface area contributed by atoms with Crippen molar-refractivity contribution in [2.45, 2.75) is 50.0 Å². The van der Waals surface area contributed by atoms with Crippen LogP contribution in [0.15, 0.2) is 47.4 Å². The Labute approximate surface area is 206 Å². The molecule has 9 heteroatoms. The minimum atomic E-state index is -3.59. The zero-order valence-corrected chi connectivity index (χ0v) is 21.1. The second-order valence-corrected chi connectivity index (χ2v) is 11.8. The highest BCUT2D eigenvalue weighted by Gasteiger charge is 2.52. The molecule has 1 aliphatic carbocycles. The summed E-state index contributed by atoms with van der Waals surface area (Å²) in [4.78, 5) is 30.9. The molecule has 1 spiro atoms. The monoisotopic (exact) mass is 496 g/mol. The summed E-state index contributed by atoms with van der Waals surface area (Å²) in [7, 11) is -3.59. The van der Waals surface area contributed by atoms with E-state index in [1.165, 1.54) is 4.31 Å². The first kappa shape index (κ1) is 24.0. The molecule has 1 saturated carbocycles. The van der Waals surface area contributed by atoms with Gasteiger partial charge in [-0.15, -0.1) is 0 Å². The number of hydrogen-bond donors (Lipinski definition) is 1. The number of carbonyl (C=O) groups excluding carboxylic acids is 2. The molecule has 2 heterocycles. The number of nitrogens with one attached hydrogen (secondary N) is 1. The lowest BCUT2D eigenvalue weighted by Gasteiger charge is -2.45. The van der Waals surface area contributed by atoms with Gasteiger partial charge in [-0.3, -0.25) is 19.4 Å². The molecule has 2 aromatic rings. The molecule has 2 aromatic carbocycles. The average molecular weight is 497 g/mol. The molecule has 35 heavy (non-hydrogen) atoms. The third kappa shape index (κ3) is 4.15. The Bertz CT molecular complexity index is 1260. The molecule has 1 N–H and O–H groups in total. The molecule has 2 fully saturated rings. The topological polar surface area (TPSA) is 90.0 Å². The number of hydrogen-bond acceptors (Lipinski definition) is 5. The number of rotatable bonds is 4. The van der Waals surface area contributed by atoms with Gasteiger partial charge in [0.05, 0.1) is 22.8 Å². The quantitative estimate of drug-likeness (QED) is 0.703. The SMILES string of the molecule is Cc1ccc(S(=O)(=O)N2CCN(CC(=O)N3c4ccccc4NC(=O)C34CCCC4)CC2)c(C)c1. The van der Waals surface area contributed by atoms with Crippen molar-refractivity contribution >= 4 is 33.2 Å². The van der Waals surface area contributed by atoms with E-state index in [2.05, 4.69) is 5.32 Å². The average Bonchev–Trinajstić information content (AvgIpc) is 3.30. The van der Waals surface area contributed by atoms with Gasteiger partial charge in [0.25, 0.3) is 5.91 Å². The van der Waals surface area contributed by atoms with E-state index >= 15 is 0 Å². The van der Waals surface area contributed by atoms with Crippen LogP contribution in [0.3, 0.4) is 0 Å². The molecule has 1 saturated heterocycles. The van der Waals surface area contributed by atoms with Crippen LogP contribution < -0.4 is 10.2 Å². The number of fused-ring (bicyclic) bond motifs is 1. The molecule has 5 rings (SSSR count). The third-order valence-corrected chi connectivity index (χ3v) is 9.62. The fourth-order valence-corrected chi connectivity index (χ4v) is 7.37. The van der Waals surface area contributed by atoms with Gasteiger partial charge < -0.3 is 5.32 Å². The lowest BCUT2D eigenvalue weighted by Crippen LogP contribution is -2.62.